The summed E-state index contributed by atoms with van der Waals surface area (Å²) in [5.74, 6) is 1.80. The highest BCUT2D eigenvalue weighted by Gasteiger charge is 2.38. The summed E-state index contributed by atoms with van der Waals surface area (Å²) >= 11 is 3.51. The summed E-state index contributed by atoms with van der Waals surface area (Å²) in [5.41, 5.74) is 6.53. The summed E-state index contributed by atoms with van der Waals surface area (Å²) in [4.78, 5) is 20.4. The van der Waals surface area contributed by atoms with Gasteiger partial charge in [0.25, 0.3) is 5.91 Å². The second-order valence-electron chi connectivity index (χ2n) is 11.4. The lowest BCUT2D eigenvalue weighted by Crippen LogP contribution is -2.47. The Morgan fingerprint density at radius 3 is 2.10 bits per heavy atom. The van der Waals surface area contributed by atoms with Crippen molar-refractivity contribution in [2.24, 2.45) is 0 Å². The molecule has 0 spiro atoms. The Morgan fingerprint density at radius 2 is 1.52 bits per heavy atom. The number of carbonyl (C=O) groups excluding carboxylic acids is 1. The number of methoxy groups -OCH3 is 3. The first-order valence-corrected chi connectivity index (χ1v) is 15.6. The van der Waals surface area contributed by atoms with Crippen molar-refractivity contribution < 1.29 is 23.5 Å². The number of benzene rings is 2. The Hall–Kier alpha value is -3.10. The number of pyridine rings is 1. The molecule has 0 saturated heterocycles. The molecule has 2 aromatic carbocycles. The lowest BCUT2D eigenvalue weighted by Gasteiger charge is -2.37. The van der Waals surface area contributed by atoms with Crippen molar-refractivity contribution in [1.29, 1.82) is 0 Å². The van der Waals surface area contributed by atoms with Gasteiger partial charge in [0.1, 0.15) is 6.54 Å². The van der Waals surface area contributed by atoms with E-state index >= 15 is 0 Å². The number of fused-ring (bicyclic) bond motifs is 1. The third kappa shape index (κ3) is 6.92. The van der Waals surface area contributed by atoms with Gasteiger partial charge in [-0.3, -0.25) is 9.78 Å². The van der Waals surface area contributed by atoms with Gasteiger partial charge in [0.15, 0.2) is 11.5 Å². The molecule has 226 valence electrons. The van der Waals surface area contributed by atoms with Gasteiger partial charge in [-0.15, -0.1) is 0 Å². The molecule has 1 amide bonds. The fraction of sp³-hybridized carbons (Fsp3) is 0.471. The van der Waals surface area contributed by atoms with Crippen LogP contribution in [0.4, 0.5) is 0 Å². The van der Waals surface area contributed by atoms with Crippen molar-refractivity contribution in [2.45, 2.75) is 59.5 Å². The number of amides is 1. The van der Waals surface area contributed by atoms with Crippen molar-refractivity contribution in [3.63, 3.8) is 0 Å². The van der Waals surface area contributed by atoms with E-state index in [1.807, 2.05) is 23.1 Å². The molecule has 1 aliphatic rings. The summed E-state index contributed by atoms with van der Waals surface area (Å²) in [6.07, 6.45) is 4.35. The van der Waals surface area contributed by atoms with Crippen LogP contribution in [0.1, 0.15) is 71.0 Å². The molecule has 0 saturated carbocycles. The van der Waals surface area contributed by atoms with Crippen LogP contribution in [0.15, 0.2) is 47.1 Å². The van der Waals surface area contributed by atoms with Crippen LogP contribution in [0.5, 0.6) is 17.2 Å². The van der Waals surface area contributed by atoms with Crippen molar-refractivity contribution in [2.75, 3.05) is 47.5 Å². The van der Waals surface area contributed by atoms with Gasteiger partial charge < -0.3 is 23.6 Å². The molecule has 42 heavy (non-hydrogen) atoms. The van der Waals surface area contributed by atoms with Crippen LogP contribution in [0, 0.1) is 13.8 Å². The van der Waals surface area contributed by atoms with Crippen molar-refractivity contribution in [1.82, 2.24) is 9.88 Å². The smallest absolute Gasteiger partial charge is 0.256 e. The van der Waals surface area contributed by atoms with Crippen LogP contribution >= 0.6 is 15.9 Å². The van der Waals surface area contributed by atoms with Gasteiger partial charge in [-0.1, -0.05) is 29.3 Å². The Labute approximate surface area is 259 Å². The summed E-state index contributed by atoms with van der Waals surface area (Å²) in [6.45, 7) is 13.9. The third-order valence-electron chi connectivity index (χ3n) is 8.64. The van der Waals surface area contributed by atoms with E-state index in [0.717, 1.165) is 59.2 Å². The first kappa shape index (κ1) is 31.8. The minimum atomic E-state index is -0.171. The van der Waals surface area contributed by atoms with E-state index in [1.165, 1.54) is 16.7 Å². The monoisotopic (exact) mass is 638 g/mol. The Morgan fingerprint density at radius 1 is 0.881 bits per heavy atom. The van der Waals surface area contributed by atoms with Gasteiger partial charge in [-0.2, -0.15) is 0 Å². The molecule has 4 rings (SSSR count). The highest BCUT2D eigenvalue weighted by atomic mass is 79.9. The maximum atomic E-state index is 13.7. The molecular formula is C34H45BrN3O4+. The second kappa shape index (κ2) is 13.9. The fourth-order valence-corrected chi connectivity index (χ4v) is 6.72. The van der Waals surface area contributed by atoms with Crippen LogP contribution in [-0.2, 0) is 13.0 Å². The average molecular weight is 640 g/mol. The summed E-state index contributed by atoms with van der Waals surface area (Å²) < 4.78 is 18.6. The highest BCUT2D eigenvalue weighted by Crippen LogP contribution is 2.41. The number of carbonyl (C=O) groups is 1. The quantitative estimate of drug-likeness (QED) is 0.140. The number of nitrogens with zero attached hydrogens (tertiary/aromatic N) is 3. The molecule has 0 fully saturated rings. The zero-order valence-corrected chi connectivity index (χ0v) is 27.7. The molecule has 1 atom stereocenters. The molecule has 1 aliphatic heterocycles. The number of rotatable bonds is 14. The van der Waals surface area contributed by atoms with Crippen LogP contribution < -0.4 is 14.2 Å². The average Bonchev–Trinajstić information content (AvgIpc) is 3.22. The summed E-state index contributed by atoms with van der Waals surface area (Å²) in [5, 5.41) is 0. The Kier molecular flexibility index (Phi) is 10.5. The van der Waals surface area contributed by atoms with Crippen molar-refractivity contribution in [3.05, 3.63) is 80.6 Å². The predicted molar refractivity (Wildman–Crippen MR) is 171 cm³/mol. The van der Waals surface area contributed by atoms with Gasteiger partial charge in [0.05, 0.1) is 58.3 Å². The second-order valence-corrected chi connectivity index (χ2v) is 12.3. The standard InChI is InChI=1S/C34H45BrN3O4/c1-8-38(9-2,22-26-15-23(3)14-24(4)16-26)13-11-10-12-37-29(32-28(34(37)39)20-27(35)21-36-32)17-25-18-30(40-5)33(42-7)31(19-25)41-6/h14-16,18-21,29H,8-13,17,22H2,1-7H3/q+1. The molecule has 0 bridgehead atoms. The fourth-order valence-electron chi connectivity index (χ4n) is 6.39. The maximum Gasteiger partial charge on any atom is 0.256 e. The molecular weight excluding hydrogens is 594 g/mol. The van der Waals surface area contributed by atoms with Crippen molar-refractivity contribution >= 4 is 21.8 Å². The first-order chi connectivity index (χ1) is 20.2. The van der Waals surface area contributed by atoms with Gasteiger partial charge in [0, 0.05) is 22.8 Å². The maximum absolute atomic E-state index is 13.7. The topological polar surface area (TPSA) is 60.9 Å². The van der Waals surface area contributed by atoms with E-state index in [2.05, 4.69) is 61.8 Å². The number of quaternary nitrogens is 1. The molecule has 1 unspecified atom stereocenters. The number of halogens is 1. The van der Waals surface area contributed by atoms with E-state index in [9.17, 15) is 4.79 Å². The number of aromatic nitrogens is 1. The van der Waals surface area contributed by atoms with Gasteiger partial charge in [-0.05, 0) is 86.6 Å². The lowest BCUT2D eigenvalue weighted by molar-refractivity contribution is -0.938. The molecule has 7 nitrogen and oxygen atoms in total. The Balaban J connectivity index is 1.52. The number of unbranched alkanes of at least 4 members (excludes halogenated alkanes) is 1. The summed E-state index contributed by atoms with van der Waals surface area (Å²) in [6, 6.07) is 12.5. The number of ether oxygens (including phenoxy) is 3. The molecule has 2 heterocycles. The largest absolute Gasteiger partial charge is 0.493 e. The van der Waals surface area contributed by atoms with Crippen LogP contribution in [-0.4, -0.2) is 67.8 Å². The van der Waals surface area contributed by atoms with E-state index < -0.39 is 0 Å². The zero-order chi connectivity index (χ0) is 30.4. The normalized spacial score (nSPS) is 14.7. The van der Waals surface area contributed by atoms with Gasteiger partial charge in [-0.25, -0.2) is 0 Å². The third-order valence-corrected chi connectivity index (χ3v) is 9.08. The predicted octanol–water partition coefficient (Wildman–Crippen LogP) is 7.06. The number of hydrogen-bond donors (Lipinski definition) is 0. The molecule has 3 aromatic rings. The molecule has 8 heteroatoms. The van der Waals surface area contributed by atoms with E-state index in [0.29, 0.717) is 35.8 Å². The van der Waals surface area contributed by atoms with Crippen LogP contribution in [0.2, 0.25) is 0 Å². The molecule has 0 radical (unpaired) electrons. The van der Waals surface area contributed by atoms with E-state index in [-0.39, 0.29) is 11.9 Å². The number of hydrogen-bond acceptors (Lipinski definition) is 5. The van der Waals surface area contributed by atoms with Gasteiger partial charge in [0.2, 0.25) is 5.75 Å². The van der Waals surface area contributed by atoms with Crippen LogP contribution in [0.25, 0.3) is 0 Å². The van der Waals surface area contributed by atoms with Crippen LogP contribution in [0.3, 0.4) is 0 Å². The van der Waals surface area contributed by atoms with E-state index in [1.54, 1.807) is 27.5 Å². The Bertz CT molecular complexity index is 1360. The SMILES string of the molecule is CC[N+](CC)(CCCCN1C(=O)c2cc(Br)cnc2C1Cc1cc(OC)c(OC)c(OC)c1)Cc1cc(C)cc(C)c1. The van der Waals surface area contributed by atoms with Gasteiger partial charge >= 0.3 is 0 Å². The summed E-state index contributed by atoms with van der Waals surface area (Å²) in [7, 11) is 4.83. The first-order valence-electron chi connectivity index (χ1n) is 14.8. The lowest BCUT2D eigenvalue weighted by atomic mass is 10.0. The zero-order valence-electron chi connectivity index (χ0n) is 26.1. The van der Waals surface area contributed by atoms with E-state index in [4.69, 9.17) is 19.2 Å². The molecule has 0 aliphatic carbocycles. The minimum Gasteiger partial charge on any atom is -0.493 e. The highest BCUT2D eigenvalue weighted by molar-refractivity contribution is 9.10. The minimum absolute atomic E-state index is 0.0400. The number of aryl methyl sites for hydroxylation is 2. The molecule has 1 aromatic heterocycles. The van der Waals surface area contributed by atoms with Crippen molar-refractivity contribution in [3.8, 4) is 17.2 Å². The molecule has 0 N–H and O–H groups in total.